The number of nitrogens with zero attached hydrogens (tertiary/aromatic N) is 1. The fraction of sp³-hybridized carbons (Fsp3) is 0.333. The molecule has 154 valence electrons. The van der Waals surface area contributed by atoms with E-state index >= 15 is 0 Å². The highest BCUT2D eigenvalue weighted by molar-refractivity contribution is 9.10. The summed E-state index contributed by atoms with van der Waals surface area (Å²) in [7, 11) is 1.61. The standard InChI is InChI=1S/C21H24BrN3O3S/c1-26-19-11-16(12-24-25-21(29)23-13-17-8-5-9-27-17)10-18(22)20(19)28-14-15-6-3-2-4-7-15/h2-4,6-7,10-12,17H,5,8-9,13-14H2,1H3,(H2,23,25,29)/b24-12+. The van der Waals surface area contributed by atoms with Crippen molar-refractivity contribution in [1.29, 1.82) is 0 Å². The molecule has 1 saturated heterocycles. The van der Waals surface area contributed by atoms with E-state index in [0.29, 0.717) is 29.8 Å². The van der Waals surface area contributed by atoms with Gasteiger partial charge in [-0.15, -0.1) is 0 Å². The Morgan fingerprint density at radius 1 is 1.34 bits per heavy atom. The zero-order chi connectivity index (χ0) is 20.5. The summed E-state index contributed by atoms with van der Waals surface area (Å²) < 4.78 is 17.8. The number of rotatable bonds is 8. The Kier molecular flexibility index (Phi) is 8.27. The summed E-state index contributed by atoms with van der Waals surface area (Å²) in [5, 5.41) is 7.77. The van der Waals surface area contributed by atoms with Crippen LogP contribution in [-0.2, 0) is 11.3 Å². The van der Waals surface area contributed by atoms with E-state index in [1.54, 1.807) is 13.3 Å². The normalized spacial score (nSPS) is 16.0. The largest absolute Gasteiger partial charge is 0.493 e. The monoisotopic (exact) mass is 477 g/mol. The zero-order valence-electron chi connectivity index (χ0n) is 16.2. The van der Waals surface area contributed by atoms with Gasteiger partial charge >= 0.3 is 0 Å². The first-order valence-electron chi connectivity index (χ1n) is 9.38. The van der Waals surface area contributed by atoms with Gasteiger partial charge in [-0.1, -0.05) is 30.3 Å². The van der Waals surface area contributed by atoms with Gasteiger partial charge in [0.1, 0.15) is 6.61 Å². The van der Waals surface area contributed by atoms with Gasteiger partial charge in [-0.05, 0) is 64.2 Å². The molecule has 1 unspecified atom stereocenters. The lowest BCUT2D eigenvalue weighted by molar-refractivity contribution is 0.114. The zero-order valence-corrected chi connectivity index (χ0v) is 18.6. The molecule has 29 heavy (non-hydrogen) atoms. The number of hydrogen-bond donors (Lipinski definition) is 2. The van der Waals surface area contributed by atoms with Crippen LogP contribution in [0.15, 0.2) is 52.0 Å². The van der Waals surface area contributed by atoms with Crippen molar-refractivity contribution in [2.24, 2.45) is 5.10 Å². The Labute approximate surface area is 184 Å². The molecule has 1 heterocycles. The second kappa shape index (κ2) is 11.1. The number of ether oxygens (including phenoxy) is 3. The molecule has 0 radical (unpaired) electrons. The molecule has 0 amide bonds. The highest BCUT2D eigenvalue weighted by Crippen LogP contribution is 2.36. The third-order valence-corrected chi connectivity index (χ3v) is 5.20. The van der Waals surface area contributed by atoms with E-state index in [9.17, 15) is 0 Å². The Morgan fingerprint density at radius 2 is 2.17 bits per heavy atom. The molecule has 0 saturated carbocycles. The van der Waals surface area contributed by atoms with Gasteiger partial charge in [-0.3, -0.25) is 5.43 Å². The summed E-state index contributed by atoms with van der Waals surface area (Å²) in [6, 6.07) is 13.8. The van der Waals surface area contributed by atoms with Gasteiger partial charge in [-0.2, -0.15) is 5.10 Å². The molecule has 2 aromatic carbocycles. The van der Waals surface area contributed by atoms with Gasteiger partial charge < -0.3 is 19.5 Å². The minimum Gasteiger partial charge on any atom is -0.493 e. The van der Waals surface area contributed by atoms with E-state index in [-0.39, 0.29) is 6.10 Å². The summed E-state index contributed by atoms with van der Waals surface area (Å²) in [5.74, 6) is 1.27. The fourth-order valence-electron chi connectivity index (χ4n) is 2.90. The molecule has 8 heteroatoms. The summed E-state index contributed by atoms with van der Waals surface area (Å²) in [6.07, 6.45) is 4.06. The first kappa shape index (κ1) is 21.5. The van der Waals surface area contributed by atoms with Crippen LogP contribution in [0.4, 0.5) is 0 Å². The third-order valence-electron chi connectivity index (χ3n) is 4.37. The molecule has 6 nitrogen and oxygen atoms in total. The van der Waals surface area contributed by atoms with Crippen LogP contribution in [0.3, 0.4) is 0 Å². The van der Waals surface area contributed by atoms with Crippen molar-refractivity contribution in [2.45, 2.75) is 25.6 Å². The number of nitrogens with one attached hydrogen (secondary N) is 2. The van der Waals surface area contributed by atoms with Crippen LogP contribution in [0.5, 0.6) is 11.5 Å². The molecule has 2 aromatic rings. The lowest BCUT2D eigenvalue weighted by Crippen LogP contribution is -2.37. The van der Waals surface area contributed by atoms with Gasteiger partial charge in [0.25, 0.3) is 0 Å². The third kappa shape index (κ3) is 6.69. The number of hydrazone groups is 1. The van der Waals surface area contributed by atoms with Crippen LogP contribution in [0.25, 0.3) is 0 Å². The van der Waals surface area contributed by atoms with E-state index in [4.69, 9.17) is 26.4 Å². The minimum atomic E-state index is 0.224. The van der Waals surface area contributed by atoms with Gasteiger partial charge in [0.2, 0.25) is 0 Å². The van der Waals surface area contributed by atoms with Crippen LogP contribution in [0.2, 0.25) is 0 Å². The second-order valence-corrected chi connectivity index (χ2v) is 7.79. The molecule has 1 aliphatic heterocycles. The number of benzene rings is 2. The number of methoxy groups -OCH3 is 1. The molecular weight excluding hydrogens is 454 g/mol. The molecular formula is C21H24BrN3O3S. The van der Waals surface area contributed by atoms with E-state index in [1.807, 2.05) is 42.5 Å². The quantitative estimate of drug-likeness (QED) is 0.340. The van der Waals surface area contributed by atoms with Gasteiger partial charge in [0.15, 0.2) is 16.6 Å². The molecule has 0 spiro atoms. The van der Waals surface area contributed by atoms with Crippen LogP contribution in [0, 0.1) is 0 Å². The van der Waals surface area contributed by atoms with Gasteiger partial charge in [0.05, 0.1) is 23.9 Å². The average Bonchev–Trinajstić information content (AvgIpc) is 3.25. The maximum absolute atomic E-state index is 5.95. The Bertz CT molecular complexity index is 843. The maximum Gasteiger partial charge on any atom is 0.187 e. The first-order chi connectivity index (χ1) is 14.2. The maximum atomic E-state index is 5.95. The Hall–Kier alpha value is -2.16. The van der Waals surface area contributed by atoms with E-state index in [0.717, 1.165) is 35.0 Å². The van der Waals surface area contributed by atoms with Crippen molar-refractivity contribution in [3.05, 3.63) is 58.1 Å². The van der Waals surface area contributed by atoms with Crippen LogP contribution < -0.4 is 20.2 Å². The molecule has 1 fully saturated rings. The van der Waals surface area contributed by atoms with E-state index < -0.39 is 0 Å². The Balaban J connectivity index is 1.55. The Morgan fingerprint density at radius 3 is 2.90 bits per heavy atom. The molecule has 1 atom stereocenters. The number of halogens is 1. The van der Waals surface area contributed by atoms with E-state index in [2.05, 4.69) is 31.8 Å². The lowest BCUT2D eigenvalue weighted by atomic mass is 10.2. The summed E-state index contributed by atoms with van der Waals surface area (Å²) in [5.41, 5.74) is 4.75. The lowest BCUT2D eigenvalue weighted by Gasteiger charge is -2.14. The van der Waals surface area contributed by atoms with Crippen molar-refractivity contribution in [3.8, 4) is 11.5 Å². The molecule has 1 aliphatic rings. The van der Waals surface area contributed by atoms with Crippen LogP contribution >= 0.6 is 28.1 Å². The number of thiocarbonyl (C=S) groups is 1. The van der Waals surface area contributed by atoms with Gasteiger partial charge in [-0.25, -0.2) is 0 Å². The van der Waals surface area contributed by atoms with Crippen molar-refractivity contribution in [1.82, 2.24) is 10.7 Å². The summed E-state index contributed by atoms with van der Waals surface area (Å²) in [6.45, 7) is 1.97. The van der Waals surface area contributed by atoms with Gasteiger partial charge in [0, 0.05) is 13.2 Å². The molecule has 0 aromatic heterocycles. The van der Waals surface area contributed by atoms with Crippen molar-refractivity contribution in [2.75, 3.05) is 20.3 Å². The minimum absolute atomic E-state index is 0.224. The van der Waals surface area contributed by atoms with Crippen molar-refractivity contribution < 1.29 is 14.2 Å². The topological polar surface area (TPSA) is 64.1 Å². The summed E-state index contributed by atoms with van der Waals surface area (Å²) >= 11 is 8.79. The predicted octanol–water partition coefficient (Wildman–Crippen LogP) is 4.01. The SMILES string of the molecule is COc1cc(/C=N/NC(=S)NCC2CCCO2)cc(Br)c1OCc1ccccc1. The smallest absolute Gasteiger partial charge is 0.187 e. The predicted molar refractivity (Wildman–Crippen MR) is 122 cm³/mol. The van der Waals surface area contributed by atoms with Crippen molar-refractivity contribution >= 4 is 39.5 Å². The highest BCUT2D eigenvalue weighted by atomic mass is 79.9. The van der Waals surface area contributed by atoms with Crippen LogP contribution in [0.1, 0.15) is 24.0 Å². The molecule has 0 bridgehead atoms. The highest BCUT2D eigenvalue weighted by Gasteiger charge is 2.15. The average molecular weight is 478 g/mol. The summed E-state index contributed by atoms with van der Waals surface area (Å²) in [4.78, 5) is 0. The fourth-order valence-corrected chi connectivity index (χ4v) is 3.61. The van der Waals surface area contributed by atoms with Crippen LogP contribution in [-0.4, -0.2) is 37.7 Å². The second-order valence-electron chi connectivity index (χ2n) is 6.52. The van der Waals surface area contributed by atoms with Crippen molar-refractivity contribution in [3.63, 3.8) is 0 Å². The van der Waals surface area contributed by atoms with E-state index in [1.165, 1.54) is 0 Å². The molecule has 2 N–H and O–H groups in total. The molecule has 3 rings (SSSR count). The number of hydrogen-bond acceptors (Lipinski definition) is 5. The first-order valence-corrected chi connectivity index (χ1v) is 10.6. The molecule has 0 aliphatic carbocycles.